The van der Waals surface area contributed by atoms with E-state index in [-0.39, 0.29) is 0 Å². The SMILES string of the molecule is Cc1cccc(OCCOCC[NH+]2C[C@@H](C)C[C@H](C)C2)c1C. The molecule has 3 heteroatoms. The molecule has 2 atom stereocenters. The monoisotopic (exact) mass is 306 g/mol. The van der Waals surface area contributed by atoms with Crippen molar-refractivity contribution in [3.63, 3.8) is 0 Å². The van der Waals surface area contributed by atoms with Crippen LogP contribution in [0.25, 0.3) is 0 Å². The highest BCUT2D eigenvalue weighted by Crippen LogP contribution is 2.20. The first-order valence-corrected chi connectivity index (χ1v) is 8.66. The zero-order chi connectivity index (χ0) is 15.9. The van der Waals surface area contributed by atoms with E-state index >= 15 is 0 Å². The van der Waals surface area contributed by atoms with Gasteiger partial charge in [-0.2, -0.15) is 0 Å². The fourth-order valence-corrected chi connectivity index (χ4v) is 3.54. The Morgan fingerprint density at radius 2 is 1.77 bits per heavy atom. The molecule has 0 unspecified atom stereocenters. The third-order valence-electron chi connectivity index (χ3n) is 4.72. The van der Waals surface area contributed by atoms with Gasteiger partial charge in [0, 0.05) is 11.8 Å². The molecule has 1 heterocycles. The molecule has 0 amide bonds. The molecule has 124 valence electrons. The molecular formula is C19H32NO2+. The van der Waals surface area contributed by atoms with Gasteiger partial charge in [0.05, 0.1) is 26.3 Å². The van der Waals surface area contributed by atoms with E-state index in [4.69, 9.17) is 9.47 Å². The van der Waals surface area contributed by atoms with Crippen molar-refractivity contribution in [2.75, 3.05) is 39.5 Å². The summed E-state index contributed by atoms with van der Waals surface area (Å²) in [7, 11) is 0. The quantitative estimate of drug-likeness (QED) is 0.781. The lowest BCUT2D eigenvalue weighted by Crippen LogP contribution is -3.14. The number of ether oxygens (including phenoxy) is 2. The van der Waals surface area contributed by atoms with E-state index in [9.17, 15) is 0 Å². The van der Waals surface area contributed by atoms with Crippen LogP contribution in [-0.4, -0.2) is 39.5 Å². The average molecular weight is 306 g/mol. The van der Waals surface area contributed by atoms with Gasteiger partial charge in [0.25, 0.3) is 0 Å². The second-order valence-electron chi connectivity index (χ2n) is 7.01. The third kappa shape index (κ3) is 5.29. The zero-order valence-electron chi connectivity index (χ0n) is 14.7. The minimum atomic E-state index is 0.631. The Morgan fingerprint density at radius 3 is 2.50 bits per heavy atom. The van der Waals surface area contributed by atoms with Gasteiger partial charge in [-0.1, -0.05) is 26.0 Å². The number of piperidine rings is 1. The van der Waals surface area contributed by atoms with Crippen molar-refractivity contribution in [3.05, 3.63) is 29.3 Å². The third-order valence-corrected chi connectivity index (χ3v) is 4.72. The maximum atomic E-state index is 5.81. The minimum Gasteiger partial charge on any atom is -0.491 e. The summed E-state index contributed by atoms with van der Waals surface area (Å²) >= 11 is 0. The molecule has 0 radical (unpaired) electrons. The fourth-order valence-electron chi connectivity index (χ4n) is 3.54. The van der Waals surface area contributed by atoms with E-state index in [0.29, 0.717) is 13.2 Å². The summed E-state index contributed by atoms with van der Waals surface area (Å²) in [6.45, 7) is 14.8. The van der Waals surface area contributed by atoms with Crippen molar-refractivity contribution in [1.29, 1.82) is 0 Å². The molecule has 1 aliphatic heterocycles. The number of likely N-dealkylation sites (tertiary alicyclic amines) is 1. The van der Waals surface area contributed by atoms with Crippen LogP contribution >= 0.6 is 0 Å². The Balaban J connectivity index is 1.59. The lowest BCUT2D eigenvalue weighted by Gasteiger charge is -2.31. The minimum absolute atomic E-state index is 0.631. The van der Waals surface area contributed by atoms with Gasteiger partial charge in [0.1, 0.15) is 18.9 Å². The molecule has 0 aromatic heterocycles. The summed E-state index contributed by atoms with van der Waals surface area (Å²) in [5.41, 5.74) is 2.50. The van der Waals surface area contributed by atoms with Gasteiger partial charge >= 0.3 is 0 Å². The molecule has 3 nitrogen and oxygen atoms in total. The number of benzene rings is 1. The molecule has 1 aromatic rings. The smallest absolute Gasteiger partial charge is 0.122 e. The topological polar surface area (TPSA) is 22.9 Å². The molecule has 1 aromatic carbocycles. The van der Waals surface area contributed by atoms with Crippen LogP contribution < -0.4 is 9.64 Å². The van der Waals surface area contributed by atoms with Crippen molar-refractivity contribution in [3.8, 4) is 5.75 Å². The Morgan fingerprint density at radius 1 is 1.05 bits per heavy atom. The van der Waals surface area contributed by atoms with Crippen molar-refractivity contribution in [1.82, 2.24) is 0 Å². The summed E-state index contributed by atoms with van der Waals surface area (Å²) < 4.78 is 11.6. The highest BCUT2D eigenvalue weighted by Gasteiger charge is 2.24. The van der Waals surface area contributed by atoms with E-state index < -0.39 is 0 Å². The van der Waals surface area contributed by atoms with E-state index in [1.165, 1.54) is 30.6 Å². The van der Waals surface area contributed by atoms with E-state index in [2.05, 4.69) is 33.8 Å². The molecular weight excluding hydrogens is 274 g/mol. The first-order valence-electron chi connectivity index (χ1n) is 8.66. The second-order valence-corrected chi connectivity index (χ2v) is 7.01. The van der Waals surface area contributed by atoms with Crippen LogP contribution in [0.3, 0.4) is 0 Å². The molecule has 0 spiro atoms. The molecule has 0 saturated carbocycles. The van der Waals surface area contributed by atoms with Crippen molar-refractivity contribution in [2.24, 2.45) is 11.8 Å². The normalized spacial score (nSPS) is 25.2. The first-order chi connectivity index (χ1) is 10.6. The molecule has 1 aliphatic rings. The summed E-state index contributed by atoms with van der Waals surface area (Å²) in [4.78, 5) is 1.70. The van der Waals surface area contributed by atoms with Gasteiger partial charge in [-0.05, 0) is 37.5 Å². The number of nitrogens with one attached hydrogen (secondary N) is 1. The summed E-state index contributed by atoms with van der Waals surface area (Å²) in [6.07, 6.45) is 1.38. The molecule has 1 N–H and O–H groups in total. The summed E-state index contributed by atoms with van der Waals surface area (Å²) in [5, 5.41) is 0. The van der Waals surface area contributed by atoms with Crippen molar-refractivity contribution < 1.29 is 14.4 Å². The summed E-state index contributed by atoms with van der Waals surface area (Å²) in [6, 6.07) is 6.19. The van der Waals surface area contributed by atoms with Crippen molar-refractivity contribution >= 4 is 0 Å². The average Bonchev–Trinajstić information content (AvgIpc) is 2.46. The van der Waals surface area contributed by atoms with Gasteiger partial charge in [-0.25, -0.2) is 0 Å². The van der Waals surface area contributed by atoms with E-state index in [1.807, 2.05) is 12.1 Å². The van der Waals surface area contributed by atoms with Crippen molar-refractivity contribution in [2.45, 2.75) is 34.1 Å². The molecule has 22 heavy (non-hydrogen) atoms. The Kier molecular flexibility index (Phi) is 6.71. The maximum Gasteiger partial charge on any atom is 0.122 e. The van der Waals surface area contributed by atoms with Crippen LogP contribution in [0.15, 0.2) is 18.2 Å². The molecule has 2 rings (SSSR count). The number of rotatable bonds is 7. The van der Waals surface area contributed by atoms with E-state index in [1.54, 1.807) is 4.90 Å². The number of hydrogen-bond donors (Lipinski definition) is 1. The highest BCUT2D eigenvalue weighted by atomic mass is 16.5. The van der Waals surface area contributed by atoms with Gasteiger partial charge in [0.15, 0.2) is 0 Å². The van der Waals surface area contributed by atoms with Crippen LogP contribution in [0.1, 0.15) is 31.4 Å². The first kappa shape index (κ1) is 17.3. The van der Waals surface area contributed by atoms with Crippen LogP contribution in [0.4, 0.5) is 0 Å². The van der Waals surface area contributed by atoms with Gasteiger partial charge < -0.3 is 14.4 Å². The Labute approximate surface area is 135 Å². The lowest BCUT2D eigenvalue weighted by molar-refractivity contribution is -0.912. The van der Waals surface area contributed by atoms with E-state index in [0.717, 1.165) is 30.7 Å². The van der Waals surface area contributed by atoms with Crippen LogP contribution in [0, 0.1) is 25.7 Å². The van der Waals surface area contributed by atoms with Gasteiger partial charge in [-0.15, -0.1) is 0 Å². The van der Waals surface area contributed by atoms with Crippen LogP contribution in [0.2, 0.25) is 0 Å². The second kappa shape index (κ2) is 8.54. The zero-order valence-corrected chi connectivity index (χ0v) is 14.7. The molecule has 1 fully saturated rings. The Hall–Kier alpha value is -1.06. The predicted molar refractivity (Wildman–Crippen MR) is 90.7 cm³/mol. The fraction of sp³-hybridized carbons (Fsp3) is 0.684. The van der Waals surface area contributed by atoms with Gasteiger partial charge in [-0.3, -0.25) is 0 Å². The predicted octanol–water partition coefficient (Wildman–Crippen LogP) is 2.26. The van der Waals surface area contributed by atoms with Gasteiger partial charge in [0.2, 0.25) is 0 Å². The largest absolute Gasteiger partial charge is 0.491 e. The molecule has 0 bridgehead atoms. The standard InChI is InChI=1S/C19H31NO2/c1-15-12-16(2)14-20(13-15)8-9-21-10-11-22-19-7-5-6-17(3)18(19)4/h5-7,15-16H,8-14H2,1-4H3/p+1/t15-,16-/m0/s1. The maximum absolute atomic E-state index is 5.81. The lowest BCUT2D eigenvalue weighted by atomic mass is 9.92. The van der Waals surface area contributed by atoms with Crippen LogP contribution in [0.5, 0.6) is 5.75 Å². The molecule has 1 saturated heterocycles. The number of quaternary nitrogens is 1. The van der Waals surface area contributed by atoms with Crippen LogP contribution in [-0.2, 0) is 4.74 Å². The highest BCUT2D eigenvalue weighted by molar-refractivity contribution is 5.38. The number of hydrogen-bond acceptors (Lipinski definition) is 2. The summed E-state index contributed by atoms with van der Waals surface area (Å²) in [5.74, 6) is 2.69. The Bertz CT molecular complexity index is 451. The molecule has 0 aliphatic carbocycles. The number of aryl methyl sites for hydroxylation is 1.